The van der Waals surface area contributed by atoms with Crippen molar-refractivity contribution in [3.8, 4) is 0 Å². The highest BCUT2D eigenvalue weighted by atomic mass is 32.2. The topological polar surface area (TPSA) is 106 Å². The zero-order valence-electron chi connectivity index (χ0n) is 11.2. The molecule has 1 aliphatic carbocycles. The summed E-state index contributed by atoms with van der Waals surface area (Å²) in [5.41, 5.74) is 3.44. The lowest BCUT2D eigenvalue weighted by Crippen LogP contribution is -2.29. The van der Waals surface area contributed by atoms with Crippen LogP contribution in [0.5, 0.6) is 0 Å². The van der Waals surface area contributed by atoms with Crippen LogP contribution in [0.3, 0.4) is 0 Å². The number of hydrogen-bond acceptors (Lipinski definition) is 5. The number of H-pyrrole nitrogens is 1. The average Bonchev–Trinajstić information content (AvgIpc) is 3.28. The van der Waals surface area contributed by atoms with Gasteiger partial charge in [-0.1, -0.05) is 23.9 Å². The molecular formula is C13H15N5O2S. The number of carbonyl (C=O) groups is 1. The van der Waals surface area contributed by atoms with Crippen LogP contribution in [0.2, 0.25) is 0 Å². The molecule has 1 aromatic carbocycles. The molecule has 7 nitrogen and oxygen atoms in total. The summed E-state index contributed by atoms with van der Waals surface area (Å²) in [5.74, 6) is 5.43. The first kappa shape index (κ1) is 13.9. The molecule has 8 heteroatoms. The van der Waals surface area contributed by atoms with Gasteiger partial charge in [-0.05, 0) is 30.5 Å². The number of hydrazine groups is 1. The van der Waals surface area contributed by atoms with Gasteiger partial charge in [0, 0.05) is 17.4 Å². The maximum Gasteiger partial charge on any atom is 0.344 e. The van der Waals surface area contributed by atoms with Gasteiger partial charge in [0.2, 0.25) is 0 Å². The Morgan fingerprint density at radius 2 is 2.33 bits per heavy atom. The van der Waals surface area contributed by atoms with Crippen molar-refractivity contribution >= 4 is 17.7 Å². The molecule has 0 atom stereocenters. The van der Waals surface area contributed by atoms with E-state index in [9.17, 15) is 9.59 Å². The van der Waals surface area contributed by atoms with E-state index in [2.05, 4.69) is 15.6 Å². The molecule has 1 saturated carbocycles. The third kappa shape index (κ3) is 3.01. The van der Waals surface area contributed by atoms with E-state index >= 15 is 0 Å². The highest BCUT2D eigenvalue weighted by Gasteiger charge is 2.28. The fourth-order valence-electron chi connectivity index (χ4n) is 2.08. The Labute approximate surface area is 124 Å². The Balaban J connectivity index is 1.73. The number of nitrogens with zero attached hydrogens (tertiary/aromatic N) is 2. The molecule has 0 aliphatic heterocycles. The van der Waals surface area contributed by atoms with Crippen LogP contribution in [0, 0.1) is 0 Å². The van der Waals surface area contributed by atoms with Crippen LogP contribution in [-0.2, 0) is 5.75 Å². The quantitative estimate of drug-likeness (QED) is 0.328. The summed E-state index contributed by atoms with van der Waals surface area (Å²) in [7, 11) is 0. The Morgan fingerprint density at radius 1 is 1.52 bits per heavy atom. The van der Waals surface area contributed by atoms with Crippen LogP contribution < -0.4 is 17.0 Å². The standard InChI is InChI=1S/C13H15N5O2S/c14-15-11(19)9-3-1-2-8(6-9)7-21-13-17-16-12(20)18(13)10-4-5-10/h1-3,6,10H,4-5,7,14H2,(H,15,19)(H,16,20). The minimum atomic E-state index is -0.323. The number of nitrogens with one attached hydrogen (secondary N) is 2. The Bertz CT molecular complexity index is 719. The van der Waals surface area contributed by atoms with Crippen molar-refractivity contribution in [1.82, 2.24) is 20.2 Å². The van der Waals surface area contributed by atoms with Crippen molar-refractivity contribution in [3.05, 3.63) is 45.9 Å². The minimum absolute atomic E-state index is 0.156. The molecule has 1 amide bonds. The van der Waals surface area contributed by atoms with E-state index in [0.29, 0.717) is 16.5 Å². The predicted molar refractivity (Wildman–Crippen MR) is 78.8 cm³/mol. The number of benzene rings is 1. The highest BCUT2D eigenvalue weighted by Crippen LogP contribution is 2.36. The van der Waals surface area contributed by atoms with Crippen molar-refractivity contribution < 1.29 is 4.79 Å². The number of carbonyl (C=O) groups excluding carboxylic acids is 1. The molecule has 21 heavy (non-hydrogen) atoms. The van der Waals surface area contributed by atoms with Gasteiger partial charge in [0.15, 0.2) is 5.16 Å². The number of aromatic nitrogens is 3. The smallest absolute Gasteiger partial charge is 0.290 e. The molecule has 0 saturated heterocycles. The second-order valence-corrected chi connectivity index (χ2v) is 5.82. The fourth-order valence-corrected chi connectivity index (χ4v) is 3.04. The summed E-state index contributed by atoms with van der Waals surface area (Å²) in [5, 5.41) is 7.24. The lowest BCUT2D eigenvalue weighted by molar-refractivity contribution is 0.0953. The summed E-state index contributed by atoms with van der Waals surface area (Å²) in [6.45, 7) is 0. The van der Waals surface area contributed by atoms with Crippen molar-refractivity contribution in [1.29, 1.82) is 0 Å². The van der Waals surface area contributed by atoms with Gasteiger partial charge in [-0.3, -0.25) is 14.8 Å². The van der Waals surface area contributed by atoms with Crippen LogP contribution in [0.1, 0.15) is 34.8 Å². The zero-order valence-corrected chi connectivity index (χ0v) is 12.0. The first-order valence-electron chi connectivity index (χ1n) is 6.58. The first-order chi connectivity index (χ1) is 10.2. The average molecular weight is 305 g/mol. The largest absolute Gasteiger partial charge is 0.344 e. The van der Waals surface area contributed by atoms with Gasteiger partial charge in [0.05, 0.1) is 0 Å². The molecule has 3 rings (SSSR count). The number of aromatic amines is 1. The van der Waals surface area contributed by atoms with E-state index in [1.165, 1.54) is 11.8 Å². The zero-order chi connectivity index (χ0) is 14.8. The number of rotatable bonds is 5. The number of nitrogen functional groups attached to an aromatic ring is 1. The Hall–Kier alpha value is -2.06. The fraction of sp³-hybridized carbons (Fsp3) is 0.308. The molecule has 4 N–H and O–H groups in total. The number of hydrogen-bond donors (Lipinski definition) is 3. The molecule has 0 radical (unpaired) electrons. The molecule has 0 bridgehead atoms. The van der Waals surface area contributed by atoms with Crippen LogP contribution in [0.4, 0.5) is 0 Å². The summed E-state index contributed by atoms with van der Waals surface area (Å²) in [4.78, 5) is 23.2. The van der Waals surface area contributed by atoms with Gasteiger partial charge >= 0.3 is 5.69 Å². The van der Waals surface area contributed by atoms with E-state index in [4.69, 9.17) is 5.84 Å². The van der Waals surface area contributed by atoms with Gasteiger partial charge in [-0.2, -0.15) is 0 Å². The monoisotopic (exact) mass is 305 g/mol. The molecule has 1 fully saturated rings. The summed E-state index contributed by atoms with van der Waals surface area (Å²) >= 11 is 1.47. The van der Waals surface area contributed by atoms with Crippen LogP contribution in [-0.4, -0.2) is 20.7 Å². The third-order valence-corrected chi connectivity index (χ3v) is 4.30. The molecule has 1 aromatic heterocycles. The molecular weight excluding hydrogens is 290 g/mol. The summed E-state index contributed by atoms with van der Waals surface area (Å²) in [6, 6.07) is 7.49. The molecule has 2 aromatic rings. The van der Waals surface area contributed by atoms with Crippen molar-refractivity contribution in [2.45, 2.75) is 29.8 Å². The van der Waals surface area contributed by atoms with E-state index in [-0.39, 0.29) is 17.6 Å². The van der Waals surface area contributed by atoms with E-state index in [1.807, 2.05) is 6.07 Å². The number of amides is 1. The van der Waals surface area contributed by atoms with Gasteiger partial charge in [0.1, 0.15) is 0 Å². The lowest BCUT2D eigenvalue weighted by Gasteiger charge is -2.05. The second kappa shape index (κ2) is 5.74. The molecule has 1 aliphatic rings. The van der Waals surface area contributed by atoms with E-state index in [0.717, 1.165) is 18.4 Å². The van der Waals surface area contributed by atoms with Gasteiger partial charge in [0.25, 0.3) is 5.91 Å². The van der Waals surface area contributed by atoms with E-state index < -0.39 is 0 Å². The van der Waals surface area contributed by atoms with Crippen molar-refractivity contribution in [3.63, 3.8) is 0 Å². The Kier molecular flexibility index (Phi) is 3.80. The second-order valence-electron chi connectivity index (χ2n) is 4.88. The molecule has 0 unspecified atom stereocenters. The van der Waals surface area contributed by atoms with Crippen LogP contribution >= 0.6 is 11.8 Å². The summed E-state index contributed by atoms with van der Waals surface area (Å²) in [6.07, 6.45) is 2.05. The number of nitrogens with two attached hydrogens (primary N) is 1. The number of thioether (sulfide) groups is 1. The van der Waals surface area contributed by atoms with Gasteiger partial charge in [-0.15, -0.1) is 5.10 Å². The molecule has 1 heterocycles. The molecule has 0 spiro atoms. The summed E-state index contributed by atoms with van der Waals surface area (Å²) < 4.78 is 1.71. The van der Waals surface area contributed by atoms with Crippen molar-refractivity contribution in [2.75, 3.05) is 0 Å². The maximum absolute atomic E-state index is 11.7. The van der Waals surface area contributed by atoms with E-state index in [1.54, 1.807) is 22.8 Å². The van der Waals surface area contributed by atoms with Gasteiger partial charge in [-0.25, -0.2) is 15.7 Å². The maximum atomic E-state index is 11.7. The van der Waals surface area contributed by atoms with Crippen LogP contribution in [0.15, 0.2) is 34.2 Å². The Morgan fingerprint density at radius 3 is 3.05 bits per heavy atom. The highest BCUT2D eigenvalue weighted by molar-refractivity contribution is 7.98. The van der Waals surface area contributed by atoms with Gasteiger partial charge < -0.3 is 0 Å². The third-order valence-electron chi connectivity index (χ3n) is 3.27. The minimum Gasteiger partial charge on any atom is -0.290 e. The normalized spacial score (nSPS) is 14.1. The SMILES string of the molecule is NNC(=O)c1cccc(CSc2n[nH]c(=O)n2C2CC2)c1. The first-order valence-corrected chi connectivity index (χ1v) is 7.57. The van der Waals surface area contributed by atoms with Crippen molar-refractivity contribution in [2.24, 2.45) is 5.84 Å². The molecule has 110 valence electrons. The predicted octanol–water partition coefficient (Wildman–Crippen LogP) is 0.802. The van der Waals surface area contributed by atoms with Crippen LogP contribution in [0.25, 0.3) is 0 Å². The lowest BCUT2D eigenvalue weighted by atomic mass is 10.1.